The van der Waals surface area contributed by atoms with Gasteiger partial charge in [-0.1, -0.05) is 43.9 Å². The lowest BCUT2D eigenvalue weighted by atomic mass is 10.0. The Hall–Kier alpha value is -2.04. The molecule has 0 aliphatic heterocycles. The van der Waals surface area contributed by atoms with E-state index in [-0.39, 0.29) is 18.4 Å². The number of carbonyl (C=O) groups excluding carboxylic acids is 2. The summed E-state index contributed by atoms with van der Waals surface area (Å²) in [5, 5.41) is 0. The summed E-state index contributed by atoms with van der Waals surface area (Å²) in [6.07, 6.45) is 6.37. The van der Waals surface area contributed by atoms with Crippen molar-refractivity contribution in [2.75, 3.05) is 6.61 Å². The zero-order valence-electron chi connectivity index (χ0n) is 13.1. The zero-order chi connectivity index (χ0) is 15.8. The molecular weight excluding hydrogens is 280 g/mol. The summed E-state index contributed by atoms with van der Waals surface area (Å²) in [6, 6.07) is 7.48. The van der Waals surface area contributed by atoms with Crippen LogP contribution in [0.25, 0.3) is 0 Å². The highest BCUT2D eigenvalue weighted by Gasteiger charge is 2.16. The van der Waals surface area contributed by atoms with E-state index in [1.165, 1.54) is 25.7 Å². The van der Waals surface area contributed by atoms with E-state index in [2.05, 4.69) is 10.9 Å². The second-order valence-corrected chi connectivity index (χ2v) is 5.84. The molecule has 2 N–H and O–H groups in total. The first-order valence-electron chi connectivity index (χ1n) is 7.91. The first-order valence-corrected chi connectivity index (χ1v) is 7.91. The van der Waals surface area contributed by atoms with E-state index in [1.54, 1.807) is 0 Å². The van der Waals surface area contributed by atoms with Gasteiger partial charge in [-0.05, 0) is 30.9 Å². The van der Waals surface area contributed by atoms with Gasteiger partial charge in [0.05, 0.1) is 0 Å². The van der Waals surface area contributed by atoms with Gasteiger partial charge in [0.1, 0.15) is 5.75 Å². The van der Waals surface area contributed by atoms with Gasteiger partial charge in [-0.3, -0.25) is 20.4 Å². The van der Waals surface area contributed by atoms with Gasteiger partial charge in [0.2, 0.25) is 5.91 Å². The van der Waals surface area contributed by atoms with E-state index in [9.17, 15) is 9.59 Å². The minimum absolute atomic E-state index is 0.117. The minimum atomic E-state index is -0.363. The van der Waals surface area contributed by atoms with Crippen molar-refractivity contribution in [2.24, 2.45) is 5.92 Å². The fraction of sp³-hybridized carbons (Fsp3) is 0.529. The summed E-state index contributed by atoms with van der Waals surface area (Å²) in [6.45, 7) is 1.80. The Morgan fingerprint density at radius 1 is 1.14 bits per heavy atom. The largest absolute Gasteiger partial charge is 0.483 e. The lowest BCUT2D eigenvalue weighted by molar-refractivity contribution is -0.130. The molecule has 1 fully saturated rings. The summed E-state index contributed by atoms with van der Waals surface area (Å²) in [7, 11) is 0. The molecule has 0 bridgehead atoms. The van der Waals surface area contributed by atoms with Crippen LogP contribution in [0.15, 0.2) is 24.3 Å². The summed E-state index contributed by atoms with van der Waals surface area (Å²) in [5.41, 5.74) is 5.79. The normalized spacial score (nSPS) is 14.6. The SMILES string of the molecule is Cc1ccccc1OCC(=O)NNC(=O)CCC1CCCC1. The van der Waals surface area contributed by atoms with Crippen LogP contribution in [-0.2, 0) is 9.59 Å². The molecule has 0 heterocycles. The molecular formula is C17H24N2O3. The van der Waals surface area contributed by atoms with E-state index >= 15 is 0 Å². The highest BCUT2D eigenvalue weighted by Crippen LogP contribution is 2.28. The smallest absolute Gasteiger partial charge is 0.276 e. The Bertz CT molecular complexity index is 510. The standard InChI is InChI=1S/C17H24N2O3/c1-13-6-2-5-9-15(13)22-12-17(21)19-18-16(20)11-10-14-7-3-4-8-14/h2,5-6,9,14H,3-4,7-8,10-12H2,1H3,(H,18,20)(H,19,21). The maximum Gasteiger partial charge on any atom is 0.276 e. The average molecular weight is 304 g/mol. The molecule has 0 radical (unpaired) electrons. The molecule has 1 aliphatic carbocycles. The van der Waals surface area contributed by atoms with Crippen molar-refractivity contribution in [1.29, 1.82) is 0 Å². The first-order chi connectivity index (χ1) is 10.6. The Labute approximate surface area is 131 Å². The van der Waals surface area contributed by atoms with Gasteiger partial charge >= 0.3 is 0 Å². The lowest BCUT2D eigenvalue weighted by Crippen LogP contribution is -2.43. The number of amides is 2. The Balaban J connectivity index is 1.60. The third kappa shape index (κ3) is 5.39. The summed E-state index contributed by atoms with van der Waals surface area (Å²) < 4.78 is 5.41. The van der Waals surface area contributed by atoms with Crippen LogP contribution in [-0.4, -0.2) is 18.4 Å². The third-order valence-electron chi connectivity index (χ3n) is 4.05. The Morgan fingerprint density at radius 2 is 1.82 bits per heavy atom. The molecule has 5 nitrogen and oxygen atoms in total. The molecule has 0 atom stereocenters. The number of para-hydroxylation sites is 1. The highest BCUT2D eigenvalue weighted by molar-refractivity contribution is 5.82. The Kier molecular flexibility index (Phi) is 6.25. The molecule has 1 aromatic rings. The van der Waals surface area contributed by atoms with Crippen LogP contribution >= 0.6 is 0 Å². The molecule has 1 aromatic carbocycles. The summed E-state index contributed by atoms with van der Waals surface area (Å²) >= 11 is 0. The summed E-state index contributed by atoms with van der Waals surface area (Å²) in [4.78, 5) is 23.3. The quantitative estimate of drug-likeness (QED) is 0.793. The molecule has 0 spiro atoms. The highest BCUT2D eigenvalue weighted by atomic mass is 16.5. The molecule has 120 valence electrons. The molecule has 22 heavy (non-hydrogen) atoms. The molecule has 0 aromatic heterocycles. The first kappa shape index (κ1) is 16.3. The molecule has 1 saturated carbocycles. The molecule has 2 rings (SSSR count). The van der Waals surface area contributed by atoms with Crippen molar-refractivity contribution in [3.8, 4) is 5.75 Å². The van der Waals surface area contributed by atoms with Crippen molar-refractivity contribution in [2.45, 2.75) is 45.4 Å². The van der Waals surface area contributed by atoms with Crippen molar-refractivity contribution >= 4 is 11.8 Å². The second-order valence-electron chi connectivity index (χ2n) is 5.84. The van der Waals surface area contributed by atoms with Crippen LogP contribution in [0.5, 0.6) is 5.75 Å². The second kappa shape index (κ2) is 8.41. The molecule has 5 heteroatoms. The third-order valence-corrected chi connectivity index (χ3v) is 4.05. The number of ether oxygens (including phenoxy) is 1. The number of nitrogens with one attached hydrogen (secondary N) is 2. The van der Waals surface area contributed by atoms with Crippen molar-refractivity contribution in [3.63, 3.8) is 0 Å². The molecule has 1 aliphatic rings. The minimum Gasteiger partial charge on any atom is -0.483 e. The van der Waals surface area contributed by atoms with Crippen LogP contribution in [0.4, 0.5) is 0 Å². The number of aryl methyl sites for hydroxylation is 1. The monoisotopic (exact) mass is 304 g/mol. The van der Waals surface area contributed by atoms with E-state index < -0.39 is 0 Å². The predicted octanol–water partition coefficient (Wildman–Crippen LogP) is 2.49. The Morgan fingerprint density at radius 3 is 2.55 bits per heavy atom. The van der Waals surface area contributed by atoms with Crippen LogP contribution in [0, 0.1) is 12.8 Å². The fourth-order valence-electron chi connectivity index (χ4n) is 2.73. The van der Waals surface area contributed by atoms with Gasteiger partial charge in [-0.2, -0.15) is 0 Å². The van der Waals surface area contributed by atoms with Crippen LogP contribution in [0.2, 0.25) is 0 Å². The van der Waals surface area contributed by atoms with E-state index in [0.29, 0.717) is 18.1 Å². The van der Waals surface area contributed by atoms with Gasteiger partial charge in [-0.15, -0.1) is 0 Å². The molecule has 0 unspecified atom stereocenters. The number of rotatable bonds is 6. The van der Waals surface area contributed by atoms with Crippen LogP contribution < -0.4 is 15.6 Å². The van der Waals surface area contributed by atoms with Crippen LogP contribution in [0.3, 0.4) is 0 Å². The average Bonchev–Trinajstić information content (AvgIpc) is 3.03. The van der Waals surface area contributed by atoms with Gasteiger partial charge in [0.25, 0.3) is 5.91 Å². The summed E-state index contributed by atoms with van der Waals surface area (Å²) in [5.74, 6) is 0.838. The zero-order valence-corrected chi connectivity index (χ0v) is 13.1. The van der Waals surface area contributed by atoms with Crippen LogP contribution in [0.1, 0.15) is 44.1 Å². The maximum atomic E-state index is 11.7. The van der Waals surface area contributed by atoms with Crippen molar-refractivity contribution in [3.05, 3.63) is 29.8 Å². The lowest BCUT2D eigenvalue weighted by Gasteiger charge is -2.11. The fourth-order valence-corrected chi connectivity index (χ4v) is 2.73. The number of hydrazine groups is 1. The number of benzene rings is 1. The van der Waals surface area contributed by atoms with Gasteiger partial charge in [0, 0.05) is 6.42 Å². The maximum absolute atomic E-state index is 11.7. The van der Waals surface area contributed by atoms with Gasteiger partial charge in [-0.25, -0.2) is 0 Å². The van der Waals surface area contributed by atoms with Gasteiger partial charge in [0.15, 0.2) is 6.61 Å². The number of hydrogen-bond donors (Lipinski definition) is 2. The van der Waals surface area contributed by atoms with E-state index in [0.717, 1.165) is 12.0 Å². The predicted molar refractivity (Wildman–Crippen MR) is 84.2 cm³/mol. The van der Waals surface area contributed by atoms with Crippen molar-refractivity contribution < 1.29 is 14.3 Å². The molecule has 0 saturated heterocycles. The van der Waals surface area contributed by atoms with Gasteiger partial charge < -0.3 is 4.74 Å². The number of carbonyl (C=O) groups is 2. The number of hydrogen-bond acceptors (Lipinski definition) is 3. The van der Waals surface area contributed by atoms with Crippen molar-refractivity contribution in [1.82, 2.24) is 10.9 Å². The van der Waals surface area contributed by atoms with E-state index in [4.69, 9.17) is 4.74 Å². The van der Waals surface area contributed by atoms with E-state index in [1.807, 2.05) is 31.2 Å². The molecule has 2 amide bonds. The topological polar surface area (TPSA) is 67.4 Å².